The third kappa shape index (κ3) is 3.86. The Balaban J connectivity index is 2.28. The topological polar surface area (TPSA) is 49.2 Å². The lowest BCUT2D eigenvalue weighted by Crippen LogP contribution is -2.09. The van der Waals surface area contributed by atoms with Gasteiger partial charge < -0.3 is 10.0 Å². The number of hydrogen-bond acceptors (Lipinski definition) is 6. The number of aromatic nitrogens is 2. The summed E-state index contributed by atoms with van der Waals surface area (Å²) < 4.78 is 39.3. The van der Waals surface area contributed by atoms with E-state index in [0.29, 0.717) is 14.4 Å². The minimum atomic E-state index is -4.50. The molecule has 9 heteroatoms. The second kappa shape index (κ2) is 6.20. The highest BCUT2D eigenvalue weighted by Crippen LogP contribution is 2.38. The SMILES string of the molecule is CN(C)c1nnc(Sc2ccc(CO)c(C(F)(F)F)c2)s1. The van der Waals surface area contributed by atoms with Crippen molar-refractivity contribution < 1.29 is 18.3 Å². The second-order valence-corrected chi connectivity index (χ2v) is 6.60. The fourth-order valence-corrected chi connectivity index (χ4v) is 3.32. The molecular formula is C12H12F3N3OS2. The summed E-state index contributed by atoms with van der Waals surface area (Å²) in [7, 11) is 3.62. The van der Waals surface area contributed by atoms with Gasteiger partial charge in [-0.1, -0.05) is 29.2 Å². The summed E-state index contributed by atoms with van der Waals surface area (Å²) in [5.41, 5.74) is -0.967. The Hall–Kier alpha value is -1.32. The molecule has 0 fully saturated rings. The summed E-state index contributed by atoms with van der Waals surface area (Å²) in [6.07, 6.45) is -4.50. The average molecular weight is 335 g/mol. The summed E-state index contributed by atoms with van der Waals surface area (Å²) >= 11 is 2.41. The van der Waals surface area contributed by atoms with Gasteiger partial charge >= 0.3 is 6.18 Å². The van der Waals surface area contributed by atoms with E-state index in [-0.39, 0.29) is 5.56 Å². The van der Waals surface area contributed by atoms with Crippen LogP contribution in [-0.4, -0.2) is 29.4 Å². The highest BCUT2D eigenvalue weighted by Gasteiger charge is 2.33. The summed E-state index contributed by atoms with van der Waals surface area (Å²) in [5.74, 6) is 0. The number of anilines is 1. The molecule has 114 valence electrons. The first-order chi connectivity index (χ1) is 9.81. The Morgan fingerprint density at radius 3 is 2.52 bits per heavy atom. The van der Waals surface area contributed by atoms with E-state index in [1.54, 1.807) is 4.90 Å². The van der Waals surface area contributed by atoms with Crippen LogP contribution in [0.2, 0.25) is 0 Å². The molecule has 1 aromatic carbocycles. The molecule has 4 nitrogen and oxygen atoms in total. The minimum Gasteiger partial charge on any atom is -0.392 e. The van der Waals surface area contributed by atoms with Crippen LogP contribution in [0.1, 0.15) is 11.1 Å². The van der Waals surface area contributed by atoms with Crippen molar-refractivity contribution in [3.05, 3.63) is 29.3 Å². The number of halogens is 3. The third-order valence-corrected chi connectivity index (χ3v) is 4.67. The van der Waals surface area contributed by atoms with Crippen molar-refractivity contribution in [1.82, 2.24) is 10.2 Å². The second-order valence-electron chi connectivity index (χ2n) is 4.32. The number of aliphatic hydroxyl groups is 1. The smallest absolute Gasteiger partial charge is 0.392 e. The maximum absolute atomic E-state index is 12.9. The van der Waals surface area contributed by atoms with Crippen molar-refractivity contribution in [1.29, 1.82) is 0 Å². The van der Waals surface area contributed by atoms with E-state index in [0.717, 1.165) is 17.8 Å². The van der Waals surface area contributed by atoms with Gasteiger partial charge in [0.15, 0.2) is 4.34 Å². The lowest BCUT2D eigenvalue weighted by atomic mass is 10.1. The zero-order valence-corrected chi connectivity index (χ0v) is 12.8. The molecule has 0 atom stereocenters. The fourth-order valence-electron chi connectivity index (χ4n) is 1.55. The van der Waals surface area contributed by atoms with Crippen LogP contribution < -0.4 is 4.90 Å². The van der Waals surface area contributed by atoms with E-state index >= 15 is 0 Å². The van der Waals surface area contributed by atoms with Crippen molar-refractivity contribution >= 4 is 28.2 Å². The number of benzene rings is 1. The van der Waals surface area contributed by atoms with Crippen molar-refractivity contribution in [2.45, 2.75) is 22.0 Å². The van der Waals surface area contributed by atoms with Crippen LogP contribution in [0.15, 0.2) is 27.4 Å². The van der Waals surface area contributed by atoms with Crippen molar-refractivity contribution in [2.75, 3.05) is 19.0 Å². The van der Waals surface area contributed by atoms with Crippen LogP contribution in [0, 0.1) is 0 Å². The molecule has 1 aromatic heterocycles. The molecule has 0 unspecified atom stereocenters. The number of nitrogens with zero attached hydrogens (tertiary/aromatic N) is 3. The monoisotopic (exact) mass is 335 g/mol. The Kier molecular flexibility index (Phi) is 4.74. The quantitative estimate of drug-likeness (QED) is 0.929. The molecule has 0 saturated heterocycles. The Morgan fingerprint density at radius 1 is 1.29 bits per heavy atom. The molecule has 1 N–H and O–H groups in total. The van der Waals surface area contributed by atoms with E-state index in [9.17, 15) is 13.2 Å². The largest absolute Gasteiger partial charge is 0.416 e. The molecule has 0 saturated carbocycles. The highest BCUT2D eigenvalue weighted by molar-refractivity contribution is 8.01. The Labute approximate surface area is 127 Å². The molecule has 0 aliphatic heterocycles. The third-order valence-electron chi connectivity index (χ3n) is 2.54. The van der Waals surface area contributed by atoms with Gasteiger partial charge in [-0.3, -0.25) is 0 Å². The van der Waals surface area contributed by atoms with Crippen LogP contribution in [0.4, 0.5) is 18.3 Å². The fraction of sp³-hybridized carbons (Fsp3) is 0.333. The molecule has 0 radical (unpaired) electrons. The van der Waals surface area contributed by atoms with Crippen LogP contribution in [0.3, 0.4) is 0 Å². The Morgan fingerprint density at radius 2 is 2.00 bits per heavy atom. The highest BCUT2D eigenvalue weighted by atomic mass is 32.2. The minimum absolute atomic E-state index is 0.141. The number of hydrogen-bond donors (Lipinski definition) is 1. The summed E-state index contributed by atoms with van der Waals surface area (Å²) in [5, 5.41) is 17.5. The maximum Gasteiger partial charge on any atom is 0.416 e. The van der Waals surface area contributed by atoms with E-state index in [1.165, 1.54) is 23.5 Å². The number of alkyl halides is 3. The molecule has 21 heavy (non-hydrogen) atoms. The zero-order valence-electron chi connectivity index (χ0n) is 11.2. The molecule has 0 bridgehead atoms. The summed E-state index contributed by atoms with van der Waals surface area (Å²) in [4.78, 5) is 2.18. The molecule has 1 heterocycles. The summed E-state index contributed by atoms with van der Waals surface area (Å²) in [6.45, 7) is -0.649. The van der Waals surface area contributed by atoms with Gasteiger partial charge in [0.05, 0.1) is 12.2 Å². The van der Waals surface area contributed by atoms with Crippen LogP contribution >= 0.6 is 23.1 Å². The van der Waals surface area contributed by atoms with Crippen molar-refractivity contribution in [3.63, 3.8) is 0 Å². The van der Waals surface area contributed by atoms with Crippen LogP contribution in [-0.2, 0) is 12.8 Å². The average Bonchev–Trinajstić information content (AvgIpc) is 2.86. The first kappa shape index (κ1) is 16.1. The van der Waals surface area contributed by atoms with Crippen molar-refractivity contribution in [2.24, 2.45) is 0 Å². The number of rotatable bonds is 4. The van der Waals surface area contributed by atoms with Crippen molar-refractivity contribution in [3.8, 4) is 0 Å². The first-order valence-corrected chi connectivity index (χ1v) is 7.44. The van der Waals surface area contributed by atoms with Gasteiger partial charge in [-0.05, 0) is 17.7 Å². The molecule has 0 aliphatic carbocycles. The van der Waals surface area contributed by atoms with Gasteiger partial charge in [0, 0.05) is 19.0 Å². The van der Waals surface area contributed by atoms with E-state index < -0.39 is 18.3 Å². The molecular weight excluding hydrogens is 323 g/mol. The lowest BCUT2D eigenvalue weighted by molar-refractivity contribution is -0.138. The standard InChI is InChI=1S/C12H12F3N3OS2/c1-18(2)10-16-17-11(21-10)20-8-4-3-7(6-19)9(5-8)12(13,14)15/h3-5,19H,6H2,1-2H3. The lowest BCUT2D eigenvalue weighted by Gasteiger charge is -2.12. The van der Waals surface area contributed by atoms with E-state index in [4.69, 9.17) is 5.11 Å². The molecule has 0 aliphatic rings. The van der Waals surface area contributed by atoms with Crippen LogP contribution in [0.25, 0.3) is 0 Å². The Bertz CT molecular complexity index is 628. The van der Waals surface area contributed by atoms with Gasteiger partial charge in [0.1, 0.15) is 0 Å². The van der Waals surface area contributed by atoms with Gasteiger partial charge in [-0.25, -0.2) is 0 Å². The number of aliphatic hydroxyl groups excluding tert-OH is 1. The van der Waals surface area contributed by atoms with Gasteiger partial charge in [-0.15, -0.1) is 10.2 Å². The van der Waals surface area contributed by atoms with Gasteiger partial charge in [-0.2, -0.15) is 13.2 Å². The molecule has 2 rings (SSSR count). The molecule has 0 amide bonds. The first-order valence-electron chi connectivity index (χ1n) is 5.81. The normalized spacial score (nSPS) is 11.7. The van der Waals surface area contributed by atoms with E-state index in [2.05, 4.69) is 10.2 Å². The molecule has 2 aromatic rings. The zero-order chi connectivity index (χ0) is 15.6. The van der Waals surface area contributed by atoms with Crippen LogP contribution in [0.5, 0.6) is 0 Å². The van der Waals surface area contributed by atoms with E-state index in [1.807, 2.05) is 14.1 Å². The predicted octanol–water partition coefficient (Wildman–Crippen LogP) is 3.27. The maximum atomic E-state index is 12.9. The van der Waals surface area contributed by atoms with Gasteiger partial charge in [0.25, 0.3) is 0 Å². The van der Waals surface area contributed by atoms with Gasteiger partial charge in [0.2, 0.25) is 5.13 Å². The predicted molar refractivity (Wildman–Crippen MR) is 75.7 cm³/mol. The summed E-state index contributed by atoms with van der Waals surface area (Å²) in [6, 6.07) is 3.83. The molecule has 0 spiro atoms.